The summed E-state index contributed by atoms with van der Waals surface area (Å²) >= 11 is 0. The van der Waals surface area contributed by atoms with E-state index in [0.29, 0.717) is 42.5 Å². The summed E-state index contributed by atoms with van der Waals surface area (Å²) in [5.41, 5.74) is 0.501. The number of rotatable bonds is 8. The number of nitrogens with one attached hydrogen (secondary N) is 1. The lowest BCUT2D eigenvalue weighted by Gasteiger charge is -2.29. The van der Waals surface area contributed by atoms with E-state index >= 15 is 0 Å². The number of amides is 2. The highest BCUT2D eigenvalue weighted by Gasteiger charge is 2.38. The van der Waals surface area contributed by atoms with E-state index in [2.05, 4.69) is 19.2 Å². The van der Waals surface area contributed by atoms with Gasteiger partial charge in [0, 0.05) is 57.3 Å². The van der Waals surface area contributed by atoms with Crippen LogP contribution in [-0.2, 0) is 9.59 Å². The molecule has 1 aliphatic rings. The zero-order valence-electron chi connectivity index (χ0n) is 19.8. The number of carbonyl (C=O) groups excluding carboxylic acids is 2. The van der Waals surface area contributed by atoms with E-state index in [1.807, 2.05) is 4.90 Å². The topological polar surface area (TPSA) is 108 Å². The summed E-state index contributed by atoms with van der Waals surface area (Å²) in [7, 11) is 3.11. The van der Waals surface area contributed by atoms with Crippen LogP contribution < -0.4 is 14.8 Å². The molecule has 1 aliphatic heterocycles. The molecule has 34 heavy (non-hydrogen) atoms. The Morgan fingerprint density at radius 2 is 1.59 bits per heavy atom. The minimum absolute atomic E-state index is 0.0984. The van der Waals surface area contributed by atoms with Gasteiger partial charge in [0.2, 0.25) is 5.91 Å². The van der Waals surface area contributed by atoms with E-state index in [9.17, 15) is 22.8 Å². The second-order valence-electron chi connectivity index (χ2n) is 7.93. The highest BCUT2D eigenvalue weighted by Crippen LogP contribution is 2.24. The van der Waals surface area contributed by atoms with Gasteiger partial charge >= 0.3 is 12.1 Å². The summed E-state index contributed by atoms with van der Waals surface area (Å²) in [5.74, 6) is -1.34. The normalized spacial score (nSPS) is 13.6. The summed E-state index contributed by atoms with van der Waals surface area (Å²) in [4.78, 5) is 38.1. The van der Waals surface area contributed by atoms with Gasteiger partial charge in [0.05, 0.1) is 14.2 Å². The highest BCUT2D eigenvalue weighted by molar-refractivity contribution is 5.95. The molecule has 0 bridgehead atoms. The molecule has 1 aromatic carbocycles. The van der Waals surface area contributed by atoms with Crippen LogP contribution in [-0.4, -0.2) is 92.4 Å². The fourth-order valence-corrected chi connectivity index (χ4v) is 3.13. The maximum absolute atomic E-state index is 13.1. The average molecular weight is 492 g/mol. The van der Waals surface area contributed by atoms with Crippen LogP contribution in [0.5, 0.6) is 11.5 Å². The molecule has 1 fully saturated rings. The van der Waals surface area contributed by atoms with Crippen molar-refractivity contribution in [2.45, 2.75) is 26.4 Å². The molecular formula is C22H32F3N3O6. The first-order chi connectivity index (χ1) is 15.9. The van der Waals surface area contributed by atoms with Crippen molar-refractivity contribution in [1.29, 1.82) is 0 Å². The van der Waals surface area contributed by atoms with Crippen LogP contribution in [0.3, 0.4) is 0 Å². The molecule has 1 aromatic rings. The Balaban J connectivity index is 0.000000718. The first kappa shape index (κ1) is 29.0. The molecular weight excluding hydrogens is 459 g/mol. The number of halogens is 3. The lowest BCUT2D eigenvalue weighted by atomic mass is 10.1. The van der Waals surface area contributed by atoms with Gasteiger partial charge in [0.25, 0.3) is 5.91 Å². The first-order valence-corrected chi connectivity index (χ1v) is 10.7. The van der Waals surface area contributed by atoms with Crippen molar-refractivity contribution >= 4 is 17.8 Å². The fourth-order valence-electron chi connectivity index (χ4n) is 3.13. The zero-order valence-corrected chi connectivity index (χ0v) is 19.8. The number of benzene rings is 1. The van der Waals surface area contributed by atoms with E-state index in [-0.39, 0.29) is 11.8 Å². The fraction of sp³-hybridized carbons (Fsp3) is 0.591. The van der Waals surface area contributed by atoms with Gasteiger partial charge in [-0.15, -0.1) is 0 Å². The Hall–Kier alpha value is -3.02. The minimum Gasteiger partial charge on any atom is -0.497 e. The molecule has 2 rings (SSSR count). The van der Waals surface area contributed by atoms with Crippen LogP contribution in [0.1, 0.15) is 30.6 Å². The highest BCUT2D eigenvalue weighted by atomic mass is 19.4. The standard InChI is InChI=1S/C20H31N3O4.C2HF3O2/c1-15(2)14-23(8-5-19(24)22-9-6-21-7-10-22)20(25)16-11-17(26-3)13-18(12-16)27-4;3-2(4,5)1(6)7/h11-13,15,21H,5-10,14H2,1-4H3;(H,6,7). The number of aliphatic carboxylic acids is 1. The van der Waals surface area contributed by atoms with Crippen molar-refractivity contribution in [1.82, 2.24) is 15.1 Å². The van der Waals surface area contributed by atoms with Crippen LogP contribution in [0.15, 0.2) is 18.2 Å². The van der Waals surface area contributed by atoms with Crippen LogP contribution >= 0.6 is 0 Å². The van der Waals surface area contributed by atoms with Crippen LogP contribution in [0, 0.1) is 5.92 Å². The molecule has 2 N–H and O–H groups in total. The number of carboxylic acid groups (broad SMARTS) is 1. The second kappa shape index (κ2) is 13.6. The van der Waals surface area contributed by atoms with Gasteiger partial charge in [0.15, 0.2) is 0 Å². The summed E-state index contributed by atoms with van der Waals surface area (Å²) in [6, 6.07) is 5.14. The molecule has 0 atom stereocenters. The third kappa shape index (κ3) is 9.86. The van der Waals surface area contributed by atoms with Crippen molar-refractivity contribution in [3.8, 4) is 11.5 Å². The zero-order chi connectivity index (χ0) is 25.9. The first-order valence-electron chi connectivity index (χ1n) is 10.7. The number of carbonyl (C=O) groups is 3. The van der Waals surface area contributed by atoms with Gasteiger partial charge < -0.3 is 29.7 Å². The number of alkyl halides is 3. The van der Waals surface area contributed by atoms with Crippen molar-refractivity contribution in [2.24, 2.45) is 5.92 Å². The molecule has 0 spiro atoms. The molecule has 0 aliphatic carbocycles. The van der Waals surface area contributed by atoms with Gasteiger partial charge in [-0.3, -0.25) is 9.59 Å². The quantitative estimate of drug-likeness (QED) is 0.574. The van der Waals surface area contributed by atoms with Crippen LogP contribution in [0.2, 0.25) is 0 Å². The number of ether oxygens (including phenoxy) is 2. The van der Waals surface area contributed by atoms with Crippen molar-refractivity contribution in [3.05, 3.63) is 23.8 Å². The Morgan fingerprint density at radius 1 is 1.09 bits per heavy atom. The van der Waals surface area contributed by atoms with E-state index in [1.165, 1.54) is 0 Å². The molecule has 0 aromatic heterocycles. The molecule has 2 amide bonds. The molecule has 0 saturated carbocycles. The van der Waals surface area contributed by atoms with Gasteiger partial charge in [-0.1, -0.05) is 13.8 Å². The number of nitrogens with zero attached hydrogens (tertiary/aromatic N) is 2. The predicted octanol–water partition coefficient (Wildman–Crippen LogP) is 2.26. The van der Waals surface area contributed by atoms with Crippen molar-refractivity contribution in [3.63, 3.8) is 0 Å². The number of hydrogen-bond acceptors (Lipinski definition) is 6. The third-order valence-corrected chi connectivity index (χ3v) is 4.78. The maximum atomic E-state index is 13.1. The number of hydrogen-bond donors (Lipinski definition) is 2. The summed E-state index contributed by atoms with van der Waals surface area (Å²) < 4.78 is 42.3. The third-order valence-electron chi connectivity index (χ3n) is 4.78. The Bertz CT molecular complexity index is 804. The van der Waals surface area contributed by atoms with Crippen molar-refractivity contribution in [2.75, 3.05) is 53.5 Å². The number of piperazine rings is 1. The van der Waals surface area contributed by atoms with Gasteiger partial charge in [-0.25, -0.2) is 4.79 Å². The summed E-state index contributed by atoms with van der Waals surface area (Å²) in [6.45, 7) is 8.21. The molecule has 1 saturated heterocycles. The van der Waals surface area contributed by atoms with E-state index in [4.69, 9.17) is 19.4 Å². The molecule has 12 heteroatoms. The molecule has 9 nitrogen and oxygen atoms in total. The second-order valence-corrected chi connectivity index (χ2v) is 7.93. The number of carboxylic acids is 1. The molecule has 1 heterocycles. The van der Waals surface area contributed by atoms with Crippen LogP contribution in [0.4, 0.5) is 13.2 Å². The Morgan fingerprint density at radius 3 is 2.00 bits per heavy atom. The Kier molecular flexibility index (Phi) is 11.6. The van der Waals surface area contributed by atoms with Gasteiger partial charge in [0.1, 0.15) is 11.5 Å². The average Bonchev–Trinajstić information content (AvgIpc) is 2.80. The van der Waals surface area contributed by atoms with Crippen LogP contribution in [0.25, 0.3) is 0 Å². The van der Waals surface area contributed by atoms with E-state index in [0.717, 1.165) is 26.2 Å². The largest absolute Gasteiger partial charge is 0.497 e. The SMILES string of the molecule is COc1cc(OC)cc(C(=O)N(CCC(=O)N2CCNCC2)CC(C)C)c1.O=C(O)C(F)(F)F. The summed E-state index contributed by atoms with van der Waals surface area (Å²) in [6.07, 6.45) is -4.75. The summed E-state index contributed by atoms with van der Waals surface area (Å²) in [5, 5.41) is 10.4. The van der Waals surface area contributed by atoms with Gasteiger partial charge in [-0.05, 0) is 18.1 Å². The lowest BCUT2D eigenvalue weighted by molar-refractivity contribution is -0.192. The smallest absolute Gasteiger partial charge is 0.490 e. The Labute approximate surface area is 196 Å². The van der Waals surface area contributed by atoms with E-state index in [1.54, 1.807) is 37.3 Å². The van der Waals surface area contributed by atoms with Crippen molar-refractivity contribution < 1.29 is 42.1 Å². The number of methoxy groups -OCH3 is 2. The minimum atomic E-state index is -5.08. The lowest BCUT2D eigenvalue weighted by Crippen LogP contribution is -2.47. The molecule has 192 valence electrons. The van der Waals surface area contributed by atoms with E-state index < -0.39 is 12.1 Å². The molecule has 0 radical (unpaired) electrons. The monoisotopic (exact) mass is 491 g/mol. The molecule has 0 unspecified atom stereocenters. The van der Waals surface area contributed by atoms with Gasteiger partial charge in [-0.2, -0.15) is 13.2 Å². The maximum Gasteiger partial charge on any atom is 0.490 e. The predicted molar refractivity (Wildman–Crippen MR) is 118 cm³/mol.